The standard InChI is InChI=1S/C15H22INO2/c1-14(2,3)17(13(18)19)15(4,5)10-11-6-8-12(16)9-7-11/h6-9H,10H2,1-5H3,(H,18,19). The van der Waals surface area contributed by atoms with Gasteiger partial charge in [0, 0.05) is 14.6 Å². The van der Waals surface area contributed by atoms with Crippen molar-refractivity contribution < 1.29 is 9.90 Å². The predicted molar refractivity (Wildman–Crippen MR) is 86.6 cm³/mol. The first-order valence-corrected chi connectivity index (χ1v) is 7.39. The van der Waals surface area contributed by atoms with Gasteiger partial charge in [-0.15, -0.1) is 0 Å². The number of rotatable bonds is 3. The minimum atomic E-state index is -0.872. The van der Waals surface area contributed by atoms with E-state index in [1.165, 1.54) is 8.47 Å². The summed E-state index contributed by atoms with van der Waals surface area (Å²) in [5, 5.41) is 9.49. The third kappa shape index (κ3) is 4.37. The third-order valence-corrected chi connectivity index (χ3v) is 3.74. The number of carboxylic acid groups (broad SMARTS) is 1. The second-order valence-corrected chi connectivity index (χ2v) is 7.65. The summed E-state index contributed by atoms with van der Waals surface area (Å²) in [4.78, 5) is 13.1. The Morgan fingerprint density at radius 3 is 2.00 bits per heavy atom. The van der Waals surface area contributed by atoms with Crippen LogP contribution in [0.3, 0.4) is 0 Å². The maximum atomic E-state index is 11.6. The van der Waals surface area contributed by atoms with E-state index in [2.05, 4.69) is 34.7 Å². The molecule has 0 saturated heterocycles. The van der Waals surface area contributed by atoms with Crippen LogP contribution in [0.5, 0.6) is 0 Å². The Morgan fingerprint density at radius 2 is 1.63 bits per heavy atom. The Kier molecular flexibility index (Phi) is 4.87. The fourth-order valence-electron chi connectivity index (χ4n) is 2.63. The predicted octanol–water partition coefficient (Wildman–Crippen LogP) is 4.39. The molecule has 1 aromatic carbocycles. The molecule has 0 aromatic heterocycles. The van der Waals surface area contributed by atoms with Crippen LogP contribution < -0.4 is 0 Å². The largest absolute Gasteiger partial charge is 0.465 e. The van der Waals surface area contributed by atoms with Gasteiger partial charge in [0.05, 0.1) is 0 Å². The maximum Gasteiger partial charge on any atom is 0.408 e. The van der Waals surface area contributed by atoms with Crippen molar-refractivity contribution in [2.45, 2.75) is 52.1 Å². The second-order valence-electron chi connectivity index (χ2n) is 6.40. The summed E-state index contributed by atoms with van der Waals surface area (Å²) in [5.74, 6) is 0. The summed E-state index contributed by atoms with van der Waals surface area (Å²) in [6.45, 7) is 9.74. The zero-order valence-corrected chi connectivity index (χ0v) is 14.4. The SMILES string of the molecule is CC(C)(C)N(C(=O)O)C(C)(C)Cc1ccc(I)cc1. The van der Waals surface area contributed by atoms with Gasteiger partial charge in [0.2, 0.25) is 0 Å². The van der Waals surface area contributed by atoms with Crippen LogP contribution in [0.25, 0.3) is 0 Å². The number of hydrogen-bond donors (Lipinski definition) is 1. The normalized spacial score (nSPS) is 12.3. The molecule has 106 valence electrons. The average molecular weight is 375 g/mol. The van der Waals surface area contributed by atoms with Crippen LogP contribution in [0.1, 0.15) is 40.2 Å². The molecule has 0 heterocycles. The van der Waals surface area contributed by atoms with Crippen LogP contribution in [0, 0.1) is 3.57 Å². The van der Waals surface area contributed by atoms with Gasteiger partial charge in [-0.1, -0.05) is 12.1 Å². The highest BCUT2D eigenvalue weighted by Gasteiger charge is 2.38. The summed E-state index contributed by atoms with van der Waals surface area (Å²) in [6, 6.07) is 8.22. The fourth-order valence-corrected chi connectivity index (χ4v) is 2.99. The van der Waals surface area contributed by atoms with E-state index in [-0.39, 0.29) is 0 Å². The molecule has 0 spiro atoms. The van der Waals surface area contributed by atoms with Crippen molar-refractivity contribution in [1.82, 2.24) is 4.90 Å². The van der Waals surface area contributed by atoms with Gasteiger partial charge in [-0.3, -0.25) is 4.90 Å². The molecule has 0 atom stereocenters. The lowest BCUT2D eigenvalue weighted by Gasteiger charge is -2.45. The van der Waals surface area contributed by atoms with Crippen LogP contribution in [0.2, 0.25) is 0 Å². The minimum Gasteiger partial charge on any atom is -0.465 e. The topological polar surface area (TPSA) is 40.5 Å². The van der Waals surface area contributed by atoms with Crippen LogP contribution in [0.15, 0.2) is 24.3 Å². The lowest BCUT2D eigenvalue weighted by Crippen LogP contribution is -2.57. The molecule has 19 heavy (non-hydrogen) atoms. The van der Waals surface area contributed by atoms with E-state index >= 15 is 0 Å². The van der Waals surface area contributed by atoms with E-state index in [1.54, 1.807) is 0 Å². The van der Waals surface area contributed by atoms with Crippen LogP contribution in [-0.4, -0.2) is 27.2 Å². The first-order valence-electron chi connectivity index (χ1n) is 6.32. The zero-order valence-electron chi connectivity index (χ0n) is 12.2. The molecule has 0 aliphatic heterocycles. The molecule has 0 saturated carbocycles. The van der Waals surface area contributed by atoms with E-state index in [4.69, 9.17) is 0 Å². The van der Waals surface area contributed by atoms with Gasteiger partial charge in [0.15, 0.2) is 0 Å². The number of nitrogens with zero attached hydrogens (tertiary/aromatic N) is 1. The van der Waals surface area contributed by atoms with Crippen molar-refractivity contribution in [2.24, 2.45) is 0 Å². The Bertz CT molecular complexity index is 446. The molecule has 0 aliphatic carbocycles. The van der Waals surface area contributed by atoms with Crippen LogP contribution in [-0.2, 0) is 6.42 Å². The van der Waals surface area contributed by atoms with Gasteiger partial charge in [0.25, 0.3) is 0 Å². The first-order chi connectivity index (χ1) is 8.54. The highest BCUT2D eigenvalue weighted by Crippen LogP contribution is 2.28. The van der Waals surface area contributed by atoms with Crippen molar-refractivity contribution in [3.8, 4) is 0 Å². The quantitative estimate of drug-likeness (QED) is 0.796. The summed E-state index contributed by atoms with van der Waals surface area (Å²) >= 11 is 2.27. The molecule has 0 bridgehead atoms. The van der Waals surface area contributed by atoms with Gasteiger partial charge in [-0.2, -0.15) is 0 Å². The van der Waals surface area contributed by atoms with Crippen molar-refractivity contribution in [2.75, 3.05) is 0 Å². The number of benzene rings is 1. The van der Waals surface area contributed by atoms with Gasteiger partial charge < -0.3 is 5.11 Å². The molecule has 0 radical (unpaired) electrons. The van der Waals surface area contributed by atoms with E-state index < -0.39 is 17.2 Å². The smallest absolute Gasteiger partial charge is 0.408 e. The molecule has 1 N–H and O–H groups in total. The molecule has 1 amide bonds. The third-order valence-electron chi connectivity index (χ3n) is 3.02. The highest BCUT2D eigenvalue weighted by molar-refractivity contribution is 14.1. The molecular weight excluding hydrogens is 353 g/mol. The molecule has 1 aromatic rings. The molecular formula is C15H22INO2. The molecule has 1 rings (SSSR count). The molecule has 3 nitrogen and oxygen atoms in total. The van der Waals surface area contributed by atoms with Crippen LogP contribution in [0.4, 0.5) is 4.79 Å². The highest BCUT2D eigenvalue weighted by atomic mass is 127. The van der Waals surface area contributed by atoms with E-state index in [0.717, 1.165) is 5.56 Å². The Morgan fingerprint density at radius 1 is 1.16 bits per heavy atom. The minimum absolute atomic E-state index is 0.418. The molecule has 0 unspecified atom stereocenters. The van der Waals surface area contributed by atoms with Gasteiger partial charge in [0.1, 0.15) is 0 Å². The monoisotopic (exact) mass is 375 g/mol. The Hall–Kier alpha value is -0.780. The maximum absolute atomic E-state index is 11.6. The van der Waals surface area contributed by atoms with Crippen molar-refractivity contribution in [3.05, 3.63) is 33.4 Å². The first kappa shape index (κ1) is 16.3. The number of halogens is 1. The van der Waals surface area contributed by atoms with Crippen molar-refractivity contribution in [3.63, 3.8) is 0 Å². The summed E-state index contributed by atoms with van der Waals surface area (Å²) in [7, 11) is 0. The Labute approximate surface area is 129 Å². The van der Waals surface area contributed by atoms with E-state index in [1.807, 2.05) is 46.8 Å². The average Bonchev–Trinajstić information content (AvgIpc) is 2.17. The summed E-state index contributed by atoms with van der Waals surface area (Å²) in [6.07, 6.45) is -0.170. The summed E-state index contributed by atoms with van der Waals surface area (Å²) < 4.78 is 1.19. The summed E-state index contributed by atoms with van der Waals surface area (Å²) in [5.41, 5.74) is 0.288. The zero-order chi connectivity index (χ0) is 14.8. The van der Waals surface area contributed by atoms with Gasteiger partial charge in [-0.25, -0.2) is 4.79 Å². The lowest BCUT2D eigenvalue weighted by atomic mass is 9.89. The molecule has 4 heteroatoms. The second kappa shape index (κ2) is 5.69. The molecule has 0 aliphatic rings. The lowest BCUT2D eigenvalue weighted by molar-refractivity contribution is 0.0334. The van der Waals surface area contributed by atoms with Crippen LogP contribution >= 0.6 is 22.6 Å². The Balaban J connectivity index is 3.01. The van der Waals surface area contributed by atoms with Gasteiger partial charge in [-0.05, 0) is 81.3 Å². The number of amides is 1. The number of hydrogen-bond acceptors (Lipinski definition) is 1. The van der Waals surface area contributed by atoms with Crippen molar-refractivity contribution in [1.29, 1.82) is 0 Å². The van der Waals surface area contributed by atoms with E-state index in [0.29, 0.717) is 6.42 Å². The van der Waals surface area contributed by atoms with E-state index in [9.17, 15) is 9.90 Å². The van der Waals surface area contributed by atoms with Crippen molar-refractivity contribution >= 4 is 28.7 Å². The molecule has 0 fully saturated rings. The fraction of sp³-hybridized carbons (Fsp3) is 0.533. The van der Waals surface area contributed by atoms with Gasteiger partial charge >= 0.3 is 6.09 Å². The number of carbonyl (C=O) groups is 1.